The Kier molecular flexibility index (Phi) is 4.14. The minimum atomic E-state index is -0.309. The van der Waals surface area contributed by atoms with E-state index in [4.69, 9.17) is 9.15 Å². The van der Waals surface area contributed by atoms with E-state index in [1.165, 1.54) is 17.7 Å². The van der Waals surface area contributed by atoms with Gasteiger partial charge >= 0.3 is 0 Å². The SMILES string of the molecule is O=C(Nc1ccnn1C[C@@H]1CCOC1)c1ncoc1-c1cccs1. The summed E-state index contributed by atoms with van der Waals surface area (Å²) in [6.07, 6.45) is 3.98. The van der Waals surface area contributed by atoms with Crippen molar-refractivity contribution in [3.8, 4) is 10.6 Å². The number of nitrogens with zero attached hydrogens (tertiary/aromatic N) is 3. The van der Waals surface area contributed by atoms with Gasteiger partial charge < -0.3 is 14.5 Å². The highest BCUT2D eigenvalue weighted by molar-refractivity contribution is 7.13. The number of nitrogens with one attached hydrogen (secondary N) is 1. The molecule has 0 spiro atoms. The average Bonchev–Trinajstić information content (AvgIpc) is 3.37. The number of amides is 1. The van der Waals surface area contributed by atoms with Gasteiger partial charge in [0, 0.05) is 25.1 Å². The van der Waals surface area contributed by atoms with Crippen molar-refractivity contribution in [1.82, 2.24) is 14.8 Å². The monoisotopic (exact) mass is 344 g/mol. The third-order valence-electron chi connectivity index (χ3n) is 3.94. The number of hydrogen-bond acceptors (Lipinski definition) is 6. The number of thiophene rings is 1. The van der Waals surface area contributed by atoms with Crippen LogP contribution in [0.25, 0.3) is 10.6 Å². The second-order valence-electron chi connectivity index (χ2n) is 5.59. The van der Waals surface area contributed by atoms with Crippen LogP contribution in [0.2, 0.25) is 0 Å². The molecule has 0 bridgehead atoms. The minimum Gasteiger partial charge on any atom is -0.442 e. The highest BCUT2D eigenvalue weighted by Gasteiger charge is 2.22. The van der Waals surface area contributed by atoms with E-state index in [1.54, 1.807) is 16.9 Å². The van der Waals surface area contributed by atoms with Crippen molar-refractivity contribution in [2.24, 2.45) is 5.92 Å². The Balaban J connectivity index is 1.51. The van der Waals surface area contributed by atoms with Crippen molar-refractivity contribution in [3.05, 3.63) is 41.9 Å². The summed E-state index contributed by atoms with van der Waals surface area (Å²) in [6.45, 7) is 2.25. The molecule has 7 nitrogen and oxygen atoms in total. The molecule has 4 heterocycles. The molecule has 3 aromatic rings. The second kappa shape index (κ2) is 6.58. The molecule has 8 heteroatoms. The smallest absolute Gasteiger partial charge is 0.279 e. The molecule has 1 atom stereocenters. The first-order valence-corrected chi connectivity index (χ1v) is 8.57. The Hall–Kier alpha value is -2.45. The maximum Gasteiger partial charge on any atom is 0.279 e. The average molecular weight is 344 g/mol. The summed E-state index contributed by atoms with van der Waals surface area (Å²) < 4.78 is 12.6. The molecule has 0 aliphatic carbocycles. The van der Waals surface area contributed by atoms with Crippen LogP contribution in [0.15, 0.2) is 40.6 Å². The summed E-state index contributed by atoms with van der Waals surface area (Å²) in [5, 5.41) is 9.09. The van der Waals surface area contributed by atoms with E-state index >= 15 is 0 Å². The number of rotatable bonds is 5. The van der Waals surface area contributed by atoms with Crippen LogP contribution >= 0.6 is 11.3 Å². The Morgan fingerprint density at radius 2 is 2.42 bits per heavy atom. The molecule has 0 radical (unpaired) electrons. The zero-order valence-electron chi connectivity index (χ0n) is 12.8. The van der Waals surface area contributed by atoms with Gasteiger partial charge in [-0.3, -0.25) is 4.79 Å². The van der Waals surface area contributed by atoms with Crippen molar-refractivity contribution in [2.75, 3.05) is 18.5 Å². The van der Waals surface area contributed by atoms with Gasteiger partial charge in [0.15, 0.2) is 17.8 Å². The Morgan fingerprint density at radius 3 is 3.21 bits per heavy atom. The van der Waals surface area contributed by atoms with Gasteiger partial charge in [-0.25, -0.2) is 9.67 Å². The van der Waals surface area contributed by atoms with E-state index in [2.05, 4.69) is 15.4 Å². The zero-order valence-corrected chi connectivity index (χ0v) is 13.7. The maximum absolute atomic E-state index is 12.6. The van der Waals surface area contributed by atoms with Crippen LogP contribution in [0.4, 0.5) is 5.82 Å². The van der Waals surface area contributed by atoms with Gasteiger partial charge in [-0.2, -0.15) is 5.10 Å². The molecule has 0 unspecified atom stereocenters. The van der Waals surface area contributed by atoms with Crippen LogP contribution in [0.3, 0.4) is 0 Å². The Labute approximate surface area is 142 Å². The molecule has 1 aliphatic rings. The van der Waals surface area contributed by atoms with Crippen LogP contribution in [0.1, 0.15) is 16.9 Å². The molecular weight excluding hydrogens is 328 g/mol. The van der Waals surface area contributed by atoms with Crippen molar-refractivity contribution in [2.45, 2.75) is 13.0 Å². The van der Waals surface area contributed by atoms with Gasteiger partial charge in [-0.05, 0) is 17.9 Å². The lowest BCUT2D eigenvalue weighted by molar-refractivity contribution is 0.102. The first-order chi connectivity index (χ1) is 11.8. The normalized spacial score (nSPS) is 17.2. The van der Waals surface area contributed by atoms with Crippen molar-refractivity contribution in [3.63, 3.8) is 0 Å². The van der Waals surface area contributed by atoms with Gasteiger partial charge in [0.2, 0.25) is 0 Å². The number of ether oxygens (including phenoxy) is 1. The highest BCUT2D eigenvalue weighted by atomic mass is 32.1. The molecule has 24 heavy (non-hydrogen) atoms. The molecule has 3 aromatic heterocycles. The van der Waals surface area contributed by atoms with Crippen LogP contribution in [-0.4, -0.2) is 33.9 Å². The Morgan fingerprint density at radius 1 is 1.46 bits per heavy atom. The standard InChI is InChI=1S/C16H16N4O3S/c21-16(14-15(23-10-17-14)12-2-1-7-24-12)19-13-3-5-18-20(13)8-11-4-6-22-9-11/h1-3,5,7,10-11H,4,6,8-9H2,(H,19,21)/t11-/m0/s1. The lowest BCUT2D eigenvalue weighted by Crippen LogP contribution is -2.19. The number of aromatic nitrogens is 3. The first-order valence-electron chi connectivity index (χ1n) is 7.69. The molecule has 1 N–H and O–H groups in total. The van der Waals surface area contributed by atoms with Crippen LogP contribution in [-0.2, 0) is 11.3 Å². The fraction of sp³-hybridized carbons (Fsp3) is 0.312. The van der Waals surface area contributed by atoms with Crippen LogP contribution < -0.4 is 5.32 Å². The molecule has 1 saturated heterocycles. The van der Waals surface area contributed by atoms with E-state index in [-0.39, 0.29) is 11.6 Å². The molecule has 0 saturated carbocycles. The van der Waals surface area contributed by atoms with Crippen LogP contribution in [0, 0.1) is 5.92 Å². The van der Waals surface area contributed by atoms with Gasteiger partial charge in [0.05, 0.1) is 17.7 Å². The largest absolute Gasteiger partial charge is 0.442 e. The van der Waals surface area contributed by atoms with Gasteiger partial charge in [0.25, 0.3) is 5.91 Å². The lowest BCUT2D eigenvalue weighted by Gasteiger charge is -2.11. The summed E-state index contributed by atoms with van der Waals surface area (Å²) in [7, 11) is 0. The van der Waals surface area contributed by atoms with E-state index in [1.807, 2.05) is 17.5 Å². The Bertz CT molecular complexity index is 818. The topological polar surface area (TPSA) is 82.2 Å². The second-order valence-corrected chi connectivity index (χ2v) is 6.54. The number of oxazole rings is 1. The zero-order chi connectivity index (χ0) is 16.4. The predicted octanol–water partition coefficient (Wildman–Crippen LogP) is 2.89. The van der Waals surface area contributed by atoms with Crippen molar-refractivity contribution >= 4 is 23.1 Å². The quantitative estimate of drug-likeness (QED) is 0.769. The van der Waals surface area contributed by atoms with E-state index in [0.29, 0.717) is 17.5 Å². The third-order valence-corrected chi connectivity index (χ3v) is 4.81. The number of anilines is 1. The van der Waals surface area contributed by atoms with E-state index < -0.39 is 0 Å². The molecule has 1 aliphatic heterocycles. The lowest BCUT2D eigenvalue weighted by atomic mass is 10.1. The van der Waals surface area contributed by atoms with E-state index in [9.17, 15) is 4.79 Å². The van der Waals surface area contributed by atoms with Gasteiger partial charge in [-0.1, -0.05) is 6.07 Å². The molecule has 4 rings (SSSR count). The number of carbonyl (C=O) groups is 1. The molecular formula is C16H16N4O3S. The van der Waals surface area contributed by atoms with Gasteiger partial charge in [-0.15, -0.1) is 11.3 Å². The van der Waals surface area contributed by atoms with Crippen LogP contribution in [0.5, 0.6) is 0 Å². The number of carbonyl (C=O) groups excluding carboxylic acids is 1. The summed E-state index contributed by atoms with van der Waals surface area (Å²) in [6, 6.07) is 5.58. The third kappa shape index (κ3) is 2.98. The first kappa shape index (κ1) is 15.1. The highest BCUT2D eigenvalue weighted by Crippen LogP contribution is 2.28. The maximum atomic E-state index is 12.6. The fourth-order valence-electron chi connectivity index (χ4n) is 2.72. The summed E-state index contributed by atoms with van der Waals surface area (Å²) in [4.78, 5) is 17.5. The fourth-order valence-corrected chi connectivity index (χ4v) is 3.43. The predicted molar refractivity (Wildman–Crippen MR) is 88.9 cm³/mol. The molecule has 0 aromatic carbocycles. The van der Waals surface area contributed by atoms with Crippen molar-refractivity contribution < 1.29 is 13.9 Å². The number of hydrogen-bond donors (Lipinski definition) is 1. The van der Waals surface area contributed by atoms with Crippen molar-refractivity contribution in [1.29, 1.82) is 0 Å². The molecule has 1 amide bonds. The summed E-state index contributed by atoms with van der Waals surface area (Å²) >= 11 is 1.50. The summed E-state index contributed by atoms with van der Waals surface area (Å²) in [5.41, 5.74) is 0.273. The molecule has 1 fully saturated rings. The van der Waals surface area contributed by atoms with E-state index in [0.717, 1.165) is 31.1 Å². The molecule has 124 valence electrons. The summed E-state index contributed by atoms with van der Waals surface area (Å²) in [5.74, 6) is 1.25. The minimum absolute atomic E-state index is 0.273. The van der Waals surface area contributed by atoms with Gasteiger partial charge in [0.1, 0.15) is 5.82 Å².